The first-order chi connectivity index (χ1) is 11.7. The van der Waals surface area contributed by atoms with Gasteiger partial charge in [-0.3, -0.25) is 9.59 Å². The summed E-state index contributed by atoms with van der Waals surface area (Å²) in [6.45, 7) is 1.27. The molecule has 1 saturated heterocycles. The first-order valence-electron chi connectivity index (χ1n) is 8.09. The molecule has 1 amide bonds. The normalized spacial score (nSPS) is 28.4. The molecule has 0 spiro atoms. The molecule has 2 aromatic rings. The number of methoxy groups -OCH3 is 1. The lowest BCUT2D eigenvalue weighted by atomic mass is 9.67. The highest BCUT2D eigenvalue weighted by Gasteiger charge is 2.54. The Morgan fingerprint density at radius 1 is 1.42 bits per heavy atom. The lowest BCUT2D eigenvalue weighted by Crippen LogP contribution is -2.62. The quantitative estimate of drug-likeness (QED) is 0.861. The van der Waals surface area contributed by atoms with Gasteiger partial charge in [-0.15, -0.1) is 0 Å². The topological polar surface area (TPSA) is 93.3 Å². The zero-order valence-electron chi connectivity index (χ0n) is 13.3. The third kappa shape index (κ3) is 2.32. The molecule has 126 valence electrons. The number of H-pyrrole nitrogens is 1. The number of aromatic nitrogens is 2. The van der Waals surface area contributed by atoms with Gasteiger partial charge < -0.3 is 14.8 Å². The highest BCUT2D eigenvalue weighted by molar-refractivity contribution is 6.04. The van der Waals surface area contributed by atoms with E-state index in [9.17, 15) is 9.59 Å². The summed E-state index contributed by atoms with van der Waals surface area (Å²) in [5.41, 5.74) is -0.0592. The number of rotatable bonds is 4. The average molecular weight is 329 g/mol. The standard InChI is InChI=1S/C17H19N3O4/c1-23-8-12-13(11-6-7-24-15(11)12)18-17(22)14-9-4-2-3-5-10(9)16(21)20-19-14/h2-5,11-13,15H,6-8H2,1H3,(H,18,22)(H,20,21)/t11-,12+,13+,15-/m0/s1. The minimum Gasteiger partial charge on any atom is -0.384 e. The largest absolute Gasteiger partial charge is 0.384 e. The fourth-order valence-corrected chi connectivity index (χ4v) is 3.94. The van der Waals surface area contributed by atoms with Crippen molar-refractivity contribution in [1.82, 2.24) is 15.5 Å². The van der Waals surface area contributed by atoms with Crippen LogP contribution in [-0.2, 0) is 9.47 Å². The van der Waals surface area contributed by atoms with Crippen LogP contribution in [-0.4, -0.2) is 48.6 Å². The van der Waals surface area contributed by atoms with Crippen LogP contribution < -0.4 is 10.9 Å². The number of aromatic amines is 1. The van der Waals surface area contributed by atoms with E-state index in [1.54, 1.807) is 31.4 Å². The van der Waals surface area contributed by atoms with E-state index in [-0.39, 0.29) is 35.2 Å². The van der Waals surface area contributed by atoms with Gasteiger partial charge in [0.05, 0.1) is 18.1 Å². The number of benzene rings is 1. The van der Waals surface area contributed by atoms with Crippen molar-refractivity contribution in [3.63, 3.8) is 0 Å². The average Bonchev–Trinajstić information content (AvgIpc) is 3.02. The Hall–Kier alpha value is -2.25. The van der Waals surface area contributed by atoms with Crippen molar-refractivity contribution in [2.24, 2.45) is 11.8 Å². The van der Waals surface area contributed by atoms with Gasteiger partial charge in [-0.1, -0.05) is 18.2 Å². The summed E-state index contributed by atoms with van der Waals surface area (Å²) in [4.78, 5) is 24.6. The van der Waals surface area contributed by atoms with Crippen molar-refractivity contribution >= 4 is 16.7 Å². The van der Waals surface area contributed by atoms with Crippen molar-refractivity contribution in [2.75, 3.05) is 20.3 Å². The van der Waals surface area contributed by atoms with Gasteiger partial charge >= 0.3 is 0 Å². The molecule has 0 bridgehead atoms. The number of hydrogen-bond donors (Lipinski definition) is 2. The van der Waals surface area contributed by atoms with Crippen LogP contribution in [0, 0.1) is 11.8 Å². The molecule has 2 fully saturated rings. The fraction of sp³-hybridized carbons (Fsp3) is 0.471. The smallest absolute Gasteiger partial charge is 0.272 e. The second-order valence-electron chi connectivity index (χ2n) is 6.35. The molecule has 7 nitrogen and oxygen atoms in total. The van der Waals surface area contributed by atoms with Crippen LogP contribution in [0.15, 0.2) is 29.1 Å². The van der Waals surface area contributed by atoms with Crippen molar-refractivity contribution in [3.05, 3.63) is 40.3 Å². The van der Waals surface area contributed by atoms with Crippen LogP contribution in [0.4, 0.5) is 0 Å². The Kier molecular flexibility index (Phi) is 3.82. The molecule has 7 heteroatoms. The molecular weight excluding hydrogens is 310 g/mol. The van der Waals surface area contributed by atoms with Crippen molar-refractivity contribution in [1.29, 1.82) is 0 Å². The zero-order chi connectivity index (χ0) is 16.7. The van der Waals surface area contributed by atoms with E-state index in [0.717, 1.165) is 13.0 Å². The Labute approximate surface area is 138 Å². The summed E-state index contributed by atoms with van der Waals surface area (Å²) in [7, 11) is 1.65. The van der Waals surface area contributed by atoms with E-state index in [0.29, 0.717) is 23.3 Å². The number of ether oxygens (including phenoxy) is 2. The molecule has 1 aliphatic carbocycles. The molecule has 1 aliphatic heterocycles. The maximum atomic E-state index is 12.7. The Bertz CT molecular complexity index is 834. The van der Waals surface area contributed by atoms with Gasteiger partial charge in [0.15, 0.2) is 5.69 Å². The predicted molar refractivity (Wildman–Crippen MR) is 86.8 cm³/mol. The molecule has 1 saturated carbocycles. The number of amides is 1. The fourth-order valence-electron chi connectivity index (χ4n) is 3.94. The Balaban J connectivity index is 1.61. The molecule has 24 heavy (non-hydrogen) atoms. The van der Waals surface area contributed by atoms with E-state index in [4.69, 9.17) is 9.47 Å². The highest BCUT2D eigenvalue weighted by Crippen LogP contribution is 2.43. The van der Waals surface area contributed by atoms with Gasteiger partial charge in [-0.2, -0.15) is 5.10 Å². The van der Waals surface area contributed by atoms with E-state index in [2.05, 4.69) is 15.5 Å². The molecule has 2 heterocycles. The molecular formula is C17H19N3O4. The molecule has 4 rings (SSSR count). The summed E-state index contributed by atoms with van der Waals surface area (Å²) in [5, 5.41) is 10.4. The summed E-state index contributed by atoms with van der Waals surface area (Å²) >= 11 is 0. The molecule has 2 N–H and O–H groups in total. The minimum atomic E-state index is -0.299. The summed E-state index contributed by atoms with van der Waals surface area (Å²) in [5.74, 6) is 0.197. The molecule has 1 aromatic heterocycles. The maximum Gasteiger partial charge on any atom is 0.272 e. The van der Waals surface area contributed by atoms with Gasteiger partial charge in [-0.25, -0.2) is 5.10 Å². The monoisotopic (exact) mass is 329 g/mol. The molecule has 0 unspecified atom stereocenters. The molecule has 0 radical (unpaired) electrons. The van der Waals surface area contributed by atoms with Crippen molar-refractivity contribution in [3.8, 4) is 0 Å². The lowest BCUT2D eigenvalue weighted by Gasteiger charge is -2.47. The van der Waals surface area contributed by atoms with Crippen LogP contribution in [0.2, 0.25) is 0 Å². The SMILES string of the molecule is COC[C@@H]1[C@H](NC(=O)c2n[nH]c(=O)c3ccccc23)[C@@H]2CCO[C@H]12. The molecule has 4 atom stereocenters. The van der Waals surface area contributed by atoms with Gasteiger partial charge in [0.25, 0.3) is 11.5 Å². The van der Waals surface area contributed by atoms with Crippen molar-refractivity contribution < 1.29 is 14.3 Å². The number of hydrogen-bond acceptors (Lipinski definition) is 5. The van der Waals surface area contributed by atoms with Crippen molar-refractivity contribution in [2.45, 2.75) is 18.6 Å². The summed E-state index contributed by atoms with van der Waals surface area (Å²) < 4.78 is 11.0. The van der Waals surface area contributed by atoms with E-state index in [1.807, 2.05) is 0 Å². The zero-order valence-corrected chi connectivity index (χ0v) is 13.3. The van der Waals surface area contributed by atoms with Gasteiger partial charge in [0.2, 0.25) is 0 Å². The third-order valence-electron chi connectivity index (χ3n) is 5.10. The number of carbonyl (C=O) groups excluding carboxylic acids is 1. The predicted octanol–water partition coefficient (Wildman–Crippen LogP) is 0.703. The van der Waals surface area contributed by atoms with Crippen LogP contribution in [0.1, 0.15) is 16.9 Å². The van der Waals surface area contributed by atoms with E-state index in [1.165, 1.54) is 0 Å². The minimum absolute atomic E-state index is 0.0115. The molecule has 1 aromatic carbocycles. The highest BCUT2D eigenvalue weighted by atomic mass is 16.5. The Morgan fingerprint density at radius 2 is 2.21 bits per heavy atom. The maximum absolute atomic E-state index is 12.7. The lowest BCUT2D eigenvalue weighted by molar-refractivity contribution is -0.0810. The van der Waals surface area contributed by atoms with Crippen LogP contribution >= 0.6 is 0 Å². The number of nitrogens with zero attached hydrogens (tertiary/aromatic N) is 1. The van der Waals surface area contributed by atoms with Crippen LogP contribution in [0.5, 0.6) is 0 Å². The van der Waals surface area contributed by atoms with Crippen LogP contribution in [0.25, 0.3) is 10.8 Å². The number of carbonyl (C=O) groups is 1. The van der Waals surface area contributed by atoms with Gasteiger partial charge in [-0.05, 0) is 12.5 Å². The first-order valence-corrected chi connectivity index (χ1v) is 8.09. The van der Waals surface area contributed by atoms with Gasteiger partial charge in [0.1, 0.15) is 0 Å². The molecule has 2 aliphatic rings. The third-order valence-corrected chi connectivity index (χ3v) is 5.10. The first kappa shape index (κ1) is 15.3. The summed E-state index contributed by atoms with van der Waals surface area (Å²) in [6.07, 6.45) is 1.10. The summed E-state index contributed by atoms with van der Waals surface area (Å²) in [6, 6.07) is 6.99. The second kappa shape index (κ2) is 5.99. The van der Waals surface area contributed by atoms with Crippen LogP contribution in [0.3, 0.4) is 0 Å². The Morgan fingerprint density at radius 3 is 3.00 bits per heavy atom. The number of fused-ring (bicyclic) bond motifs is 2. The van der Waals surface area contributed by atoms with Gasteiger partial charge in [0, 0.05) is 37.0 Å². The number of nitrogens with one attached hydrogen (secondary N) is 2. The van der Waals surface area contributed by atoms with E-state index < -0.39 is 0 Å². The second-order valence-corrected chi connectivity index (χ2v) is 6.35. The van der Waals surface area contributed by atoms with E-state index >= 15 is 0 Å².